The summed E-state index contributed by atoms with van der Waals surface area (Å²) in [6.07, 6.45) is 2.87. The summed E-state index contributed by atoms with van der Waals surface area (Å²) in [7, 11) is -2.34. The maximum absolute atomic E-state index is 14.1. The molecule has 2 amide bonds. The van der Waals surface area contributed by atoms with Crippen LogP contribution in [-0.2, 0) is 10.0 Å². The zero-order valence-corrected chi connectivity index (χ0v) is 25.0. The fourth-order valence-corrected chi connectivity index (χ4v) is 7.46. The standard InChI is InChI=1S/C31H34F3N3O5S/c1-31(2)22(20-17-23(32)29(34)24(33)18-20)13-16-37(31)30(38)35-25-19-21(43(39,40)36-14-7-4-8-15-36)11-12-26(25)42-28-10-6-5-9-27(28)41-3/h5-6,9-12,17-19,22H,4,7-8,13-16H2,1-3H3,(H,35,38). The van der Waals surface area contributed by atoms with Gasteiger partial charge in [0.05, 0.1) is 17.7 Å². The number of urea groups is 1. The number of methoxy groups -OCH3 is 1. The number of anilines is 1. The fraction of sp³-hybridized carbons (Fsp3) is 0.387. The maximum Gasteiger partial charge on any atom is 0.322 e. The van der Waals surface area contributed by atoms with E-state index in [4.69, 9.17) is 9.47 Å². The summed E-state index contributed by atoms with van der Waals surface area (Å²) < 4.78 is 81.6. The lowest BCUT2D eigenvalue weighted by molar-refractivity contribution is 0.171. The molecule has 2 aliphatic rings. The second-order valence-electron chi connectivity index (χ2n) is 11.3. The molecule has 12 heteroatoms. The number of sulfonamides is 1. The van der Waals surface area contributed by atoms with Gasteiger partial charge in [0.25, 0.3) is 0 Å². The van der Waals surface area contributed by atoms with Crippen molar-refractivity contribution in [3.05, 3.63) is 77.6 Å². The molecule has 5 rings (SSSR count). The number of halogens is 3. The summed E-state index contributed by atoms with van der Waals surface area (Å²) in [4.78, 5) is 15.3. The summed E-state index contributed by atoms with van der Waals surface area (Å²) in [6.45, 7) is 4.58. The lowest BCUT2D eigenvalue weighted by Gasteiger charge is -2.36. The first kappa shape index (κ1) is 30.7. The van der Waals surface area contributed by atoms with Gasteiger partial charge in [0, 0.05) is 31.1 Å². The van der Waals surface area contributed by atoms with Crippen LogP contribution in [0.1, 0.15) is 51.0 Å². The first-order valence-electron chi connectivity index (χ1n) is 14.1. The molecule has 3 aromatic carbocycles. The normalized spacial score (nSPS) is 18.8. The molecule has 2 fully saturated rings. The number of nitrogens with one attached hydrogen (secondary N) is 1. The molecular formula is C31H34F3N3O5S. The van der Waals surface area contributed by atoms with Gasteiger partial charge in [-0.3, -0.25) is 0 Å². The smallest absolute Gasteiger partial charge is 0.322 e. The molecule has 0 radical (unpaired) electrons. The highest BCUT2D eigenvalue weighted by Crippen LogP contribution is 2.43. The predicted octanol–water partition coefficient (Wildman–Crippen LogP) is 6.88. The van der Waals surface area contributed by atoms with E-state index in [0.29, 0.717) is 31.0 Å². The average Bonchev–Trinajstić information content (AvgIpc) is 3.31. The third-order valence-electron chi connectivity index (χ3n) is 8.28. The Balaban J connectivity index is 1.47. The molecule has 2 aliphatic heterocycles. The van der Waals surface area contributed by atoms with Crippen molar-refractivity contribution in [2.45, 2.75) is 55.9 Å². The quantitative estimate of drug-likeness (QED) is 0.292. The van der Waals surface area contributed by atoms with E-state index in [1.54, 1.807) is 38.1 Å². The lowest BCUT2D eigenvalue weighted by atomic mass is 9.82. The molecule has 2 heterocycles. The number of para-hydroxylation sites is 2. The Labute approximate surface area is 249 Å². The SMILES string of the molecule is COc1ccccc1Oc1ccc(S(=O)(=O)N2CCCCC2)cc1NC(=O)N1CCC(c2cc(F)c(F)c(F)c2)C1(C)C. The number of nitrogens with zero attached hydrogens (tertiary/aromatic N) is 2. The van der Waals surface area contributed by atoms with Crippen LogP contribution in [0.5, 0.6) is 17.2 Å². The van der Waals surface area contributed by atoms with Crippen LogP contribution in [0.15, 0.2) is 59.5 Å². The molecule has 230 valence electrons. The number of amides is 2. The predicted molar refractivity (Wildman–Crippen MR) is 156 cm³/mol. The topological polar surface area (TPSA) is 88.2 Å². The van der Waals surface area contributed by atoms with Crippen molar-refractivity contribution in [1.29, 1.82) is 0 Å². The van der Waals surface area contributed by atoms with Crippen LogP contribution in [0.3, 0.4) is 0 Å². The third-order valence-corrected chi connectivity index (χ3v) is 10.2. The van der Waals surface area contributed by atoms with Crippen LogP contribution in [-0.4, -0.2) is 55.9 Å². The minimum Gasteiger partial charge on any atom is -0.493 e. The Morgan fingerprint density at radius 3 is 2.21 bits per heavy atom. The van der Waals surface area contributed by atoms with Crippen molar-refractivity contribution in [1.82, 2.24) is 9.21 Å². The van der Waals surface area contributed by atoms with E-state index in [1.165, 1.54) is 34.5 Å². The van der Waals surface area contributed by atoms with Gasteiger partial charge in [-0.2, -0.15) is 4.31 Å². The second kappa shape index (κ2) is 12.1. The number of carbonyl (C=O) groups is 1. The summed E-state index contributed by atoms with van der Waals surface area (Å²) in [6, 6.07) is 12.6. The number of ether oxygens (including phenoxy) is 2. The van der Waals surface area contributed by atoms with Crippen molar-refractivity contribution in [3.8, 4) is 17.2 Å². The van der Waals surface area contributed by atoms with Crippen LogP contribution >= 0.6 is 0 Å². The number of benzene rings is 3. The van der Waals surface area contributed by atoms with Crippen molar-refractivity contribution >= 4 is 21.7 Å². The zero-order chi connectivity index (χ0) is 30.9. The fourth-order valence-electron chi connectivity index (χ4n) is 5.92. The largest absolute Gasteiger partial charge is 0.493 e. The molecule has 43 heavy (non-hydrogen) atoms. The highest BCUT2D eigenvalue weighted by molar-refractivity contribution is 7.89. The molecule has 0 bridgehead atoms. The third kappa shape index (κ3) is 6.03. The van der Waals surface area contributed by atoms with Crippen LogP contribution in [0, 0.1) is 17.5 Å². The minimum absolute atomic E-state index is 0.00731. The summed E-state index contributed by atoms with van der Waals surface area (Å²) in [5.74, 6) is -3.64. The van der Waals surface area contributed by atoms with Crippen molar-refractivity contribution in [2.24, 2.45) is 0 Å². The molecular weight excluding hydrogens is 583 g/mol. The van der Waals surface area contributed by atoms with E-state index in [9.17, 15) is 26.4 Å². The molecule has 0 aromatic heterocycles. The average molecular weight is 618 g/mol. The van der Waals surface area contributed by atoms with Gasteiger partial charge in [-0.05, 0) is 81.1 Å². The summed E-state index contributed by atoms with van der Waals surface area (Å²) in [5, 5.41) is 2.82. The first-order chi connectivity index (χ1) is 20.4. The number of hydrogen-bond donors (Lipinski definition) is 1. The first-order valence-corrected chi connectivity index (χ1v) is 15.6. The van der Waals surface area contributed by atoms with Gasteiger partial charge >= 0.3 is 6.03 Å². The van der Waals surface area contributed by atoms with Crippen molar-refractivity contribution < 1.29 is 35.9 Å². The molecule has 3 aromatic rings. The number of piperidine rings is 1. The van der Waals surface area contributed by atoms with Crippen LogP contribution < -0.4 is 14.8 Å². The van der Waals surface area contributed by atoms with Crippen LogP contribution in [0.4, 0.5) is 23.7 Å². The number of hydrogen-bond acceptors (Lipinski definition) is 5. The molecule has 8 nitrogen and oxygen atoms in total. The molecule has 2 saturated heterocycles. The highest BCUT2D eigenvalue weighted by Gasteiger charge is 2.45. The van der Waals surface area contributed by atoms with Crippen molar-refractivity contribution in [2.75, 3.05) is 32.1 Å². The van der Waals surface area contributed by atoms with Gasteiger partial charge in [-0.15, -0.1) is 0 Å². The van der Waals surface area contributed by atoms with E-state index in [-0.39, 0.29) is 28.4 Å². The second-order valence-corrected chi connectivity index (χ2v) is 13.2. The number of likely N-dealkylation sites (tertiary alicyclic amines) is 1. The van der Waals surface area contributed by atoms with E-state index in [1.807, 2.05) is 0 Å². The van der Waals surface area contributed by atoms with Gasteiger partial charge in [-0.1, -0.05) is 18.6 Å². The molecule has 0 spiro atoms. The summed E-state index contributed by atoms with van der Waals surface area (Å²) in [5.41, 5.74) is -0.569. The van der Waals surface area contributed by atoms with Gasteiger partial charge in [0.15, 0.2) is 34.7 Å². The van der Waals surface area contributed by atoms with Gasteiger partial charge in [-0.25, -0.2) is 26.4 Å². The van der Waals surface area contributed by atoms with Gasteiger partial charge < -0.3 is 19.7 Å². The van der Waals surface area contributed by atoms with Gasteiger partial charge in [0.2, 0.25) is 10.0 Å². The van der Waals surface area contributed by atoms with Crippen molar-refractivity contribution in [3.63, 3.8) is 0 Å². The summed E-state index contributed by atoms with van der Waals surface area (Å²) >= 11 is 0. The Morgan fingerprint density at radius 2 is 1.56 bits per heavy atom. The van der Waals surface area contributed by atoms with Crippen LogP contribution in [0.25, 0.3) is 0 Å². The lowest BCUT2D eigenvalue weighted by Crippen LogP contribution is -2.47. The Kier molecular flexibility index (Phi) is 8.62. The molecule has 0 aliphatic carbocycles. The van der Waals surface area contributed by atoms with Crippen LogP contribution in [0.2, 0.25) is 0 Å². The van der Waals surface area contributed by atoms with E-state index >= 15 is 0 Å². The van der Waals surface area contributed by atoms with E-state index in [0.717, 1.165) is 31.4 Å². The number of carbonyl (C=O) groups excluding carboxylic acids is 1. The van der Waals surface area contributed by atoms with E-state index in [2.05, 4.69) is 5.32 Å². The monoisotopic (exact) mass is 617 g/mol. The van der Waals surface area contributed by atoms with Gasteiger partial charge in [0.1, 0.15) is 0 Å². The Hall–Kier alpha value is -3.77. The number of rotatable bonds is 7. The minimum atomic E-state index is -3.83. The van der Waals surface area contributed by atoms with E-state index < -0.39 is 45.0 Å². The maximum atomic E-state index is 14.1. The Bertz CT molecular complexity index is 1600. The Morgan fingerprint density at radius 1 is 0.907 bits per heavy atom. The highest BCUT2D eigenvalue weighted by atomic mass is 32.2. The molecule has 1 N–H and O–H groups in total. The molecule has 1 atom stereocenters. The zero-order valence-electron chi connectivity index (χ0n) is 24.2. The molecule has 0 saturated carbocycles. The molecule has 1 unspecified atom stereocenters.